The number of pyridine rings is 1. The molecule has 4 rings (SSSR count). The number of alkyl halides is 2. The topological polar surface area (TPSA) is 101 Å². The fraction of sp³-hybridized carbons (Fsp3) is 0.483. The van der Waals surface area contributed by atoms with Crippen LogP contribution in [0.2, 0.25) is 0 Å². The van der Waals surface area contributed by atoms with E-state index >= 15 is 8.78 Å². The van der Waals surface area contributed by atoms with Crippen molar-refractivity contribution in [2.24, 2.45) is 5.73 Å². The third-order valence-electron chi connectivity index (χ3n) is 7.48. The number of aromatic nitrogens is 1. The monoisotopic (exact) mass is 593 g/mol. The van der Waals surface area contributed by atoms with Crippen LogP contribution >= 0.6 is 0 Å². The lowest BCUT2D eigenvalue weighted by atomic mass is 9.96. The van der Waals surface area contributed by atoms with Crippen LogP contribution in [-0.2, 0) is 4.74 Å². The van der Waals surface area contributed by atoms with E-state index in [2.05, 4.69) is 4.90 Å². The molecule has 1 aromatic carbocycles. The molecule has 2 amide bonds. The molecule has 13 heteroatoms. The first-order chi connectivity index (χ1) is 19.6. The molecule has 2 aliphatic heterocycles. The van der Waals surface area contributed by atoms with Crippen LogP contribution in [0.1, 0.15) is 62.0 Å². The van der Waals surface area contributed by atoms with Gasteiger partial charge in [0.25, 0.3) is 17.9 Å². The molecule has 0 aliphatic carbocycles. The fourth-order valence-electron chi connectivity index (χ4n) is 5.13. The van der Waals surface area contributed by atoms with Crippen molar-refractivity contribution in [2.45, 2.75) is 52.2 Å². The predicted molar refractivity (Wildman–Crippen MR) is 150 cm³/mol. The molecule has 0 saturated carbocycles. The van der Waals surface area contributed by atoms with Gasteiger partial charge in [-0.15, -0.1) is 0 Å². The number of hydrogen-bond acceptors (Lipinski definition) is 6. The molecule has 1 aromatic heterocycles. The summed E-state index contributed by atoms with van der Waals surface area (Å²) in [6, 6.07) is 1.66. The van der Waals surface area contributed by atoms with Gasteiger partial charge in [0.15, 0.2) is 5.82 Å². The van der Waals surface area contributed by atoms with E-state index in [4.69, 9.17) is 10.5 Å². The number of rotatable bonds is 5. The van der Waals surface area contributed by atoms with Crippen LogP contribution in [0.15, 0.2) is 29.2 Å². The van der Waals surface area contributed by atoms with Crippen LogP contribution < -0.4 is 16.2 Å². The summed E-state index contributed by atoms with van der Waals surface area (Å²) in [4.78, 5) is 42.9. The van der Waals surface area contributed by atoms with Gasteiger partial charge in [0.1, 0.15) is 17.1 Å². The molecule has 9 nitrogen and oxygen atoms in total. The molecule has 2 N–H and O–H groups in total. The zero-order valence-electron chi connectivity index (χ0n) is 24.2. The molecule has 1 fully saturated rings. The second-order valence-corrected chi connectivity index (χ2v) is 11.6. The molecule has 1 atom stereocenters. The van der Waals surface area contributed by atoms with Gasteiger partial charge < -0.3 is 25.2 Å². The maximum absolute atomic E-state index is 16.6. The zero-order chi connectivity index (χ0) is 31.1. The average molecular weight is 594 g/mol. The van der Waals surface area contributed by atoms with Crippen molar-refractivity contribution in [1.82, 2.24) is 14.4 Å². The van der Waals surface area contributed by atoms with Crippen molar-refractivity contribution in [3.63, 3.8) is 0 Å². The van der Waals surface area contributed by atoms with Crippen LogP contribution in [0, 0.1) is 11.6 Å². The Balaban J connectivity index is 1.88. The van der Waals surface area contributed by atoms with E-state index in [9.17, 15) is 23.2 Å². The van der Waals surface area contributed by atoms with E-state index < -0.39 is 57.9 Å². The lowest BCUT2D eigenvalue weighted by Crippen LogP contribution is -2.50. The summed E-state index contributed by atoms with van der Waals surface area (Å²) in [5, 5.41) is 0. The van der Waals surface area contributed by atoms with Crippen molar-refractivity contribution >= 4 is 23.3 Å². The number of benzene rings is 1. The van der Waals surface area contributed by atoms with Gasteiger partial charge in [0.2, 0.25) is 0 Å². The number of likely N-dealkylation sites (N-methyl/N-ethyl adjacent to an activating group) is 1. The molecule has 1 saturated heterocycles. The summed E-state index contributed by atoms with van der Waals surface area (Å²) < 4.78 is 65.8. The summed E-state index contributed by atoms with van der Waals surface area (Å²) in [5.41, 5.74) is 1.55. The zero-order valence-corrected chi connectivity index (χ0v) is 24.2. The number of carbonyl (C=O) groups is 2. The Morgan fingerprint density at radius 3 is 2.36 bits per heavy atom. The third-order valence-corrected chi connectivity index (χ3v) is 7.48. The molecule has 228 valence electrons. The molecular weight excluding hydrogens is 558 g/mol. The van der Waals surface area contributed by atoms with Crippen LogP contribution in [0.3, 0.4) is 0 Å². The Hall–Kier alpha value is -3.87. The minimum absolute atomic E-state index is 0.00333. The maximum Gasteiger partial charge on any atom is 0.410 e. The Labute approximate surface area is 241 Å². The summed E-state index contributed by atoms with van der Waals surface area (Å²) >= 11 is 0. The minimum Gasteiger partial charge on any atom is -0.444 e. The molecular formula is C29H35F4N5O4. The number of nitrogens with zero attached hydrogens (tertiary/aromatic N) is 4. The standard InChI is InChI=1S/C29H35F4N5O4/c1-16-14-37(11-10-35(16)5)21-13-20(30)23(17-6-8-36(9-7-17)28(41)42-29(2,3)4)24(31)25(21)38-15-19(27(34)40)18(26(32)33)12-22(38)39/h6,12-13,15-16,26H,7-11,14H2,1-5H3,(H2,34,40)/t16-/m0/s1. The highest BCUT2D eigenvalue weighted by molar-refractivity contribution is 5.94. The number of amides is 2. The van der Waals surface area contributed by atoms with Crippen molar-refractivity contribution in [3.05, 3.63) is 63.1 Å². The molecule has 3 heterocycles. The molecule has 0 radical (unpaired) electrons. The Morgan fingerprint density at radius 2 is 1.81 bits per heavy atom. The van der Waals surface area contributed by atoms with Crippen molar-refractivity contribution in [2.75, 3.05) is 44.7 Å². The molecule has 0 spiro atoms. The summed E-state index contributed by atoms with van der Waals surface area (Å²) in [6.07, 6.45) is -1.36. The number of primary amides is 1. The van der Waals surface area contributed by atoms with Crippen LogP contribution in [-0.4, -0.2) is 77.8 Å². The van der Waals surface area contributed by atoms with Gasteiger partial charge >= 0.3 is 6.09 Å². The van der Waals surface area contributed by atoms with Gasteiger partial charge in [-0.2, -0.15) is 0 Å². The first-order valence-corrected chi connectivity index (χ1v) is 13.6. The van der Waals surface area contributed by atoms with Crippen LogP contribution in [0.25, 0.3) is 11.3 Å². The lowest BCUT2D eigenvalue weighted by molar-refractivity contribution is 0.0270. The van der Waals surface area contributed by atoms with E-state index in [1.165, 1.54) is 11.0 Å². The number of hydrogen-bond donors (Lipinski definition) is 1. The number of halogens is 4. The van der Waals surface area contributed by atoms with Gasteiger partial charge in [-0.05, 0) is 46.7 Å². The Bertz CT molecular complexity index is 1480. The highest BCUT2D eigenvalue weighted by atomic mass is 19.3. The number of anilines is 1. The van der Waals surface area contributed by atoms with E-state index in [1.54, 1.807) is 25.7 Å². The first-order valence-electron chi connectivity index (χ1n) is 13.6. The number of ether oxygens (including phenoxy) is 1. The Morgan fingerprint density at radius 1 is 1.12 bits per heavy atom. The molecule has 42 heavy (non-hydrogen) atoms. The van der Waals surface area contributed by atoms with Gasteiger partial charge in [0, 0.05) is 62.7 Å². The highest BCUT2D eigenvalue weighted by Gasteiger charge is 2.32. The fourth-order valence-corrected chi connectivity index (χ4v) is 5.13. The predicted octanol–water partition coefficient (Wildman–Crippen LogP) is 4.32. The first kappa shape index (κ1) is 31.1. The molecule has 0 bridgehead atoms. The molecule has 0 unspecified atom stereocenters. The molecule has 2 aromatic rings. The summed E-state index contributed by atoms with van der Waals surface area (Å²) in [5.74, 6) is -3.22. The highest BCUT2D eigenvalue weighted by Crippen LogP contribution is 2.37. The quantitative estimate of drug-likeness (QED) is 0.519. The van der Waals surface area contributed by atoms with Crippen molar-refractivity contribution in [3.8, 4) is 5.69 Å². The second-order valence-electron chi connectivity index (χ2n) is 11.6. The lowest BCUT2D eigenvalue weighted by Gasteiger charge is -2.40. The van der Waals surface area contributed by atoms with Crippen molar-refractivity contribution in [1.29, 1.82) is 0 Å². The van der Waals surface area contributed by atoms with Gasteiger partial charge in [-0.25, -0.2) is 22.4 Å². The minimum atomic E-state index is -3.18. The van der Waals surface area contributed by atoms with Gasteiger partial charge in [-0.1, -0.05) is 6.08 Å². The normalized spacial score (nSPS) is 18.3. The van der Waals surface area contributed by atoms with E-state index in [0.717, 1.165) is 16.8 Å². The largest absolute Gasteiger partial charge is 0.444 e. The van der Waals surface area contributed by atoms with E-state index in [1.807, 2.05) is 14.0 Å². The SMILES string of the molecule is C[C@H]1CN(c2cc(F)c(C3=CCN(C(=O)OC(C)(C)C)CC3)c(F)c2-n2cc(C(N)=O)c(C(F)F)cc2=O)CCN1C. The summed E-state index contributed by atoms with van der Waals surface area (Å²) in [6.45, 7) is 8.56. The number of carbonyl (C=O) groups excluding carboxylic acids is 2. The second kappa shape index (κ2) is 11.8. The number of piperazine rings is 1. The average Bonchev–Trinajstić information content (AvgIpc) is 2.89. The van der Waals surface area contributed by atoms with Crippen molar-refractivity contribution < 1.29 is 31.9 Å². The smallest absolute Gasteiger partial charge is 0.410 e. The number of nitrogens with two attached hydrogens (primary N) is 1. The van der Waals surface area contributed by atoms with Gasteiger partial charge in [-0.3, -0.25) is 14.2 Å². The van der Waals surface area contributed by atoms with E-state index in [0.29, 0.717) is 25.7 Å². The van der Waals surface area contributed by atoms with Crippen LogP contribution in [0.4, 0.5) is 28.0 Å². The molecule has 2 aliphatic rings. The third kappa shape index (κ3) is 6.30. The van der Waals surface area contributed by atoms with E-state index in [-0.39, 0.29) is 42.5 Å². The Kier molecular flexibility index (Phi) is 8.72. The van der Waals surface area contributed by atoms with Gasteiger partial charge in [0.05, 0.1) is 16.8 Å². The van der Waals surface area contributed by atoms with Crippen LogP contribution in [0.5, 0.6) is 0 Å². The maximum atomic E-state index is 16.6. The summed E-state index contributed by atoms with van der Waals surface area (Å²) in [7, 11) is 1.91.